The number of hydrogen-bond acceptors (Lipinski definition) is 4. The average Bonchev–Trinajstić information content (AvgIpc) is 2.56. The van der Waals surface area contributed by atoms with Gasteiger partial charge in [-0.05, 0) is 24.3 Å². The van der Waals surface area contributed by atoms with Crippen LogP contribution in [-0.2, 0) is 0 Å². The van der Waals surface area contributed by atoms with Gasteiger partial charge >= 0.3 is 0 Å². The first kappa shape index (κ1) is 9.30. The molecule has 0 saturated heterocycles. The van der Waals surface area contributed by atoms with Crippen LogP contribution in [0.5, 0.6) is 0 Å². The number of halogens is 1. The van der Waals surface area contributed by atoms with Crippen molar-refractivity contribution in [1.29, 1.82) is 0 Å². The van der Waals surface area contributed by atoms with Crippen molar-refractivity contribution in [1.82, 2.24) is 4.98 Å². The molecule has 2 aromatic rings. The van der Waals surface area contributed by atoms with Crippen LogP contribution in [0.2, 0.25) is 5.02 Å². The van der Waals surface area contributed by atoms with Gasteiger partial charge in [0.05, 0.1) is 6.20 Å². The molecule has 0 aliphatic carbocycles. The molecule has 0 spiro atoms. The molecule has 0 aliphatic heterocycles. The lowest BCUT2D eigenvalue weighted by molar-refractivity contribution is 1.42. The number of nitrogens with one attached hydrogen (secondary N) is 1. The predicted molar refractivity (Wildman–Crippen MR) is 61.3 cm³/mol. The molecular weight excluding hydrogens is 218 g/mol. The Morgan fingerprint density at radius 2 is 2.00 bits per heavy atom. The number of benzene rings is 1. The number of nitrogens with two attached hydrogens (primary N) is 1. The summed E-state index contributed by atoms with van der Waals surface area (Å²) in [5, 5.41) is 5.37. The second kappa shape index (κ2) is 3.86. The lowest BCUT2D eigenvalue weighted by atomic mass is 10.3. The minimum absolute atomic E-state index is 0.557. The van der Waals surface area contributed by atoms with E-state index >= 15 is 0 Å². The highest BCUT2D eigenvalue weighted by molar-refractivity contribution is 7.19. The van der Waals surface area contributed by atoms with E-state index in [4.69, 9.17) is 17.3 Å². The van der Waals surface area contributed by atoms with Crippen molar-refractivity contribution in [3.05, 3.63) is 35.5 Å². The molecule has 1 aromatic heterocycles. The van der Waals surface area contributed by atoms with Crippen LogP contribution in [0.4, 0.5) is 15.8 Å². The van der Waals surface area contributed by atoms with E-state index in [0.717, 1.165) is 15.7 Å². The number of nitrogens with zero attached hydrogens (tertiary/aromatic N) is 1. The van der Waals surface area contributed by atoms with Gasteiger partial charge in [-0.1, -0.05) is 22.9 Å². The van der Waals surface area contributed by atoms with Gasteiger partial charge in [0.25, 0.3) is 0 Å². The fourth-order valence-corrected chi connectivity index (χ4v) is 1.75. The molecule has 72 valence electrons. The first-order chi connectivity index (χ1) is 6.74. The van der Waals surface area contributed by atoms with Gasteiger partial charge in [0.15, 0.2) is 5.13 Å². The van der Waals surface area contributed by atoms with E-state index in [-0.39, 0.29) is 0 Å². The van der Waals surface area contributed by atoms with Crippen LogP contribution in [0.25, 0.3) is 0 Å². The SMILES string of the molecule is Nc1ncc(Nc2ccc(Cl)cc2)s1. The molecule has 3 N–H and O–H groups in total. The van der Waals surface area contributed by atoms with Gasteiger partial charge in [0, 0.05) is 10.7 Å². The van der Waals surface area contributed by atoms with Crippen LogP contribution in [0.1, 0.15) is 0 Å². The van der Waals surface area contributed by atoms with Crippen LogP contribution in [0.15, 0.2) is 30.5 Å². The summed E-state index contributed by atoms with van der Waals surface area (Å²) in [5.74, 6) is 0. The smallest absolute Gasteiger partial charge is 0.181 e. The zero-order valence-corrected chi connectivity index (χ0v) is 8.77. The molecule has 0 amide bonds. The van der Waals surface area contributed by atoms with E-state index in [9.17, 15) is 0 Å². The molecule has 0 saturated carbocycles. The van der Waals surface area contributed by atoms with E-state index in [2.05, 4.69) is 10.3 Å². The van der Waals surface area contributed by atoms with Crippen LogP contribution in [-0.4, -0.2) is 4.98 Å². The molecule has 0 atom stereocenters. The third-order valence-corrected chi connectivity index (χ3v) is 2.63. The van der Waals surface area contributed by atoms with Crippen molar-refractivity contribution < 1.29 is 0 Å². The van der Waals surface area contributed by atoms with Gasteiger partial charge in [-0.2, -0.15) is 0 Å². The van der Waals surface area contributed by atoms with Gasteiger partial charge < -0.3 is 11.1 Å². The van der Waals surface area contributed by atoms with Crippen LogP contribution in [0.3, 0.4) is 0 Å². The third kappa shape index (κ3) is 2.16. The molecule has 0 fully saturated rings. The standard InChI is InChI=1S/C9H8ClN3S/c10-6-1-3-7(4-2-6)13-8-5-12-9(11)14-8/h1-5,13H,(H2,11,12). The Bertz CT molecular complexity index is 424. The van der Waals surface area contributed by atoms with Crippen molar-refractivity contribution in [2.45, 2.75) is 0 Å². The molecule has 5 heteroatoms. The topological polar surface area (TPSA) is 50.9 Å². The number of thiazole rings is 1. The van der Waals surface area contributed by atoms with Gasteiger partial charge in [-0.15, -0.1) is 0 Å². The van der Waals surface area contributed by atoms with Gasteiger partial charge in [0.2, 0.25) is 0 Å². The minimum atomic E-state index is 0.557. The van der Waals surface area contributed by atoms with E-state index < -0.39 is 0 Å². The minimum Gasteiger partial charge on any atom is -0.375 e. The Kier molecular flexibility index (Phi) is 2.56. The van der Waals surface area contributed by atoms with E-state index in [1.54, 1.807) is 6.20 Å². The maximum Gasteiger partial charge on any atom is 0.181 e. The molecule has 14 heavy (non-hydrogen) atoms. The first-order valence-electron chi connectivity index (χ1n) is 3.98. The lowest BCUT2D eigenvalue weighted by Crippen LogP contribution is -1.85. The zero-order valence-electron chi connectivity index (χ0n) is 7.20. The Morgan fingerprint density at radius 3 is 2.57 bits per heavy atom. The van der Waals surface area contributed by atoms with Crippen LogP contribution < -0.4 is 11.1 Å². The molecule has 0 radical (unpaired) electrons. The zero-order chi connectivity index (χ0) is 9.97. The van der Waals surface area contributed by atoms with Gasteiger partial charge in [0.1, 0.15) is 5.00 Å². The Balaban J connectivity index is 2.15. The second-order valence-electron chi connectivity index (χ2n) is 2.69. The largest absolute Gasteiger partial charge is 0.375 e. The highest BCUT2D eigenvalue weighted by Gasteiger charge is 1.98. The molecule has 3 nitrogen and oxygen atoms in total. The van der Waals surface area contributed by atoms with Crippen molar-refractivity contribution >= 4 is 38.8 Å². The molecule has 1 heterocycles. The van der Waals surface area contributed by atoms with E-state index in [1.807, 2.05) is 24.3 Å². The number of aromatic nitrogens is 1. The number of anilines is 3. The molecular formula is C9H8ClN3S. The van der Waals surface area contributed by atoms with Crippen molar-refractivity contribution in [2.24, 2.45) is 0 Å². The number of rotatable bonds is 2. The second-order valence-corrected chi connectivity index (χ2v) is 4.19. The maximum atomic E-state index is 5.76. The highest BCUT2D eigenvalue weighted by atomic mass is 35.5. The normalized spacial score (nSPS) is 10.1. The van der Waals surface area contributed by atoms with E-state index in [0.29, 0.717) is 5.13 Å². The molecule has 0 aliphatic rings. The Morgan fingerprint density at radius 1 is 1.29 bits per heavy atom. The summed E-state index contributed by atoms with van der Waals surface area (Å²) in [5.41, 5.74) is 6.47. The predicted octanol–water partition coefficient (Wildman–Crippen LogP) is 3.12. The molecule has 1 aromatic carbocycles. The summed E-state index contributed by atoms with van der Waals surface area (Å²) in [4.78, 5) is 3.94. The number of nitrogen functional groups attached to an aromatic ring is 1. The monoisotopic (exact) mass is 225 g/mol. The van der Waals surface area contributed by atoms with Crippen molar-refractivity contribution in [3.8, 4) is 0 Å². The highest BCUT2D eigenvalue weighted by Crippen LogP contribution is 2.25. The lowest BCUT2D eigenvalue weighted by Gasteiger charge is -2.01. The van der Waals surface area contributed by atoms with Crippen LogP contribution in [0, 0.1) is 0 Å². The molecule has 0 bridgehead atoms. The maximum absolute atomic E-state index is 5.76. The van der Waals surface area contributed by atoms with E-state index in [1.165, 1.54) is 11.3 Å². The summed E-state index contributed by atoms with van der Waals surface area (Å²) in [6, 6.07) is 7.46. The van der Waals surface area contributed by atoms with Crippen LogP contribution >= 0.6 is 22.9 Å². The van der Waals surface area contributed by atoms with Crippen molar-refractivity contribution in [3.63, 3.8) is 0 Å². The van der Waals surface area contributed by atoms with Gasteiger partial charge in [-0.3, -0.25) is 0 Å². The summed E-state index contributed by atoms with van der Waals surface area (Å²) in [7, 11) is 0. The third-order valence-electron chi connectivity index (χ3n) is 1.64. The Hall–Kier alpha value is -1.26. The first-order valence-corrected chi connectivity index (χ1v) is 5.17. The average molecular weight is 226 g/mol. The fraction of sp³-hybridized carbons (Fsp3) is 0. The Labute approximate surface area is 90.5 Å². The molecule has 0 unspecified atom stereocenters. The summed E-state index contributed by atoms with van der Waals surface area (Å²) < 4.78 is 0. The van der Waals surface area contributed by atoms with Crippen molar-refractivity contribution in [2.75, 3.05) is 11.1 Å². The summed E-state index contributed by atoms with van der Waals surface area (Å²) in [6.07, 6.45) is 1.70. The fourth-order valence-electron chi connectivity index (χ4n) is 1.02. The number of hydrogen-bond donors (Lipinski definition) is 2. The quantitative estimate of drug-likeness (QED) is 0.826. The molecule has 2 rings (SSSR count). The summed E-state index contributed by atoms with van der Waals surface area (Å²) in [6.45, 7) is 0. The van der Waals surface area contributed by atoms with Gasteiger partial charge in [-0.25, -0.2) is 4.98 Å². The summed E-state index contributed by atoms with van der Waals surface area (Å²) >= 11 is 7.17.